The molecular formula is C18H15NO2. The Bertz CT molecular complexity index is 855. The van der Waals surface area contributed by atoms with Crippen LogP contribution in [0.2, 0.25) is 0 Å². The van der Waals surface area contributed by atoms with Gasteiger partial charge in [-0.05, 0) is 49.7 Å². The summed E-state index contributed by atoms with van der Waals surface area (Å²) in [4.78, 5) is 4.82. The standard InChI is InChI=1S/C18H15NO2/c1-11-7-12(2)18-14(8-11)3-5-15(19-18)13-4-6-16-17(9-13)21-10-20-16/h3-9H,10H2,1-2H3. The summed E-state index contributed by atoms with van der Waals surface area (Å²) >= 11 is 0. The molecule has 0 atom stereocenters. The van der Waals surface area contributed by atoms with Gasteiger partial charge in [0.2, 0.25) is 6.79 Å². The molecule has 0 radical (unpaired) electrons. The zero-order valence-electron chi connectivity index (χ0n) is 12.0. The average molecular weight is 277 g/mol. The van der Waals surface area contributed by atoms with Crippen LogP contribution in [-0.4, -0.2) is 11.8 Å². The summed E-state index contributed by atoms with van der Waals surface area (Å²) in [6.07, 6.45) is 0. The molecule has 0 aliphatic carbocycles. The summed E-state index contributed by atoms with van der Waals surface area (Å²) in [5.41, 5.74) is 5.51. The van der Waals surface area contributed by atoms with Gasteiger partial charge >= 0.3 is 0 Å². The van der Waals surface area contributed by atoms with Crippen molar-refractivity contribution >= 4 is 10.9 Å². The lowest BCUT2D eigenvalue weighted by atomic mass is 10.0. The Balaban J connectivity index is 1.87. The highest BCUT2D eigenvalue weighted by Crippen LogP contribution is 2.35. The molecule has 0 saturated heterocycles. The van der Waals surface area contributed by atoms with E-state index in [1.165, 1.54) is 16.5 Å². The van der Waals surface area contributed by atoms with E-state index in [1.807, 2.05) is 18.2 Å². The zero-order valence-corrected chi connectivity index (χ0v) is 12.0. The molecule has 1 aliphatic heterocycles. The van der Waals surface area contributed by atoms with Crippen LogP contribution in [0.3, 0.4) is 0 Å². The highest BCUT2D eigenvalue weighted by molar-refractivity contribution is 5.85. The van der Waals surface area contributed by atoms with Gasteiger partial charge in [-0.25, -0.2) is 4.98 Å². The summed E-state index contributed by atoms with van der Waals surface area (Å²) in [5, 5.41) is 1.18. The maximum Gasteiger partial charge on any atom is 0.231 e. The van der Waals surface area contributed by atoms with Crippen LogP contribution < -0.4 is 9.47 Å². The lowest BCUT2D eigenvalue weighted by Gasteiger charge is -2.07. The number of aromatic nitrogens is 1. The topological polar surface area (TPSA) is 31.4 Å². The summed E-state index contributed by atoms with van der Waals surface area (Å²) in [6, 6.07) is 14.5. The summed E-state index contributed by atoms with van der Waals surface area (Å²) < 4.78 is 10.8. The monoisotopic (exact) mass is 277 g/mol. The van der Waals surface area contributed by atoms with E-state index in [0.717, 1.165) is 28.3 Å². The van der Waals surface area contributed by atoms with Gasteiger partial charge in [-0.2, -0.15) is 0 Å². The molecule has 4 rings (SSSR count). The van der Waals surface area contributed by atoms with Crippen LogP contribution in [0, 0.1) is 13.8 Å². The minimum absolute atomic E-state index is 0.294. The van der Waals surface area contributed by atoms with Gasteiger partial charge in [-0.15, -0.1) is 0 Å². The van der Waals surface area contributed by atoms with E-state index >= 15 is 0 Å². The first-order valence-corrected chi connectivity index (χ1v) is 6.99. The maximum atomic E-state index is 5.44. The van der Waals surface area contributed by atoms with E-state index in [9.17, 15) is 0 Å². The van der Waals surface area contributed by atoms with Crippen LogP contribution in [-0.2, 0) is 0 Å². The van der Waals surface area contributed by atoms with Crippen molar-refractivity contribution in [2.24, 2.45) is 0 Å². The van der Waals surface area contributed by atoms with E-state index in [0.29, 0.717) is 6.79 Å². The molecule has 0 amide bonds. The number of pyridine rings is 1. The van der Waals surface area contributed by atoms with Gasteiger partial charge in [0.25, 0.3) is 0 Å². The fourth-order valence-corrected chi connectivity index (χ4v) is 2.82. The Morgan fingerprint density at radius 1 is 0.905 bits per heavy atom. The maximum absolute atomic E-state index is 5.44. The first-order chi connectivity index (χ1) is 10.2. The number of rotatable bonds is 1. The summed E-state index contributed by atoms with van der Waals surface area (Å²) in [6.45, 7) is 4.51. The third kappa shape index (κ3) is 2.02. The first-order valence-electron chi connectivity index (χ1n) is 6.99. The van der Waals surface area contributed by atoms with Gasteiger partial charge in [-0.1, -0.05) is 17.7 Å². The molecule has 1 aliphatic rings. The predicted molar refractivity (Wildman–Crippen MR) is 82.8 cm³/mol. The molecule has 1 aromatic heterocycles. The zero-order chi connectivity index (χ0) is 14.4. The fraction of sp³-hybridized carbons (Fsp3) is 0.167. The van der Waals surface area contributed by atoms with Crippen molar-refractivity contribution in [1.82, 2.24) is 4.98 Å². The minimum Gasteiger partial charge on any atom is -0.454 e. The van der Waals surface area contributed by atoms with E-state index in [2.05, 4.69) is 38.1 Å². The predicted octanol–water partition coefficient (Wildman–Crippen LogP) is 4.25. The van der Waals surface area contributed by atoms with Gasteiger partial charge in [0.1, 0.15) is 0 Å². The van der Waals surface area contributed by atoms with Crippen molar-refractivity contribution in [3.8, 4) is 22.8 Å². The van der Waals surface area contributed by atoms with Crippen molar-refractivity contribution in [3.05, 3.63) is 53.6 Å². The van der Waals surface area contributed by atoms with E-state index in [4.69, 9.17) is 14.5 Å². The van der Waals surface area contributed by atoms with Crippen LogP contribution in [0.1, 0.15) is 11.1 Å². The molecule has 0 N–H and O–H groups in total. The Hall–Kier alpha value is -2.55. The number of hydrogen-bond acceptors (Lipinski definition) is 3. The van der Waals surface area contributed by atoms with Crippen LogP contribution >= 0.6 is 0 Å². The van der Waals surface area contributed by atoms with Crippen molar-refractivity contribution < 1.29 is 9.47 Å². The molecule has 3 heteroatoms. The molecule has 3 nitrogen and oxygen atoms in total. The van der Waals surface area contributed by atoms with Gasteiger partial charge in [0, 0.05) is 10.9 Å². The van der Waals surface area contributed by atoms with Crippen LogP contribution in [0.5, 0.6) is 11.5 Å². The lowest BCUT2D eigenvalue weighted by Crippen LogP contribution is -1.92. The van der Waals surface area contributed by atoms with E-state index in [-0.39, 0.29) is 0 Å². The Kier molecular flexibility index (Phi) is 2.61. The molecular weight excluding hydrogens is 262 g/mol. The van der Waals surface area contributed by atoms with Gasteiger partial charge < -0.3 is 9.47 Å². The molecule has 21 heavy (non-hydrogen) atoms. The highest BCUT2D eigenvalue weighted by atomic mass is 16.7. The average Bonchev–Trinajstić information content (AvgIpc) is 2.94. The molecule has 2 aromatic carbocycles. The van der Waals surface area contributed by atoms with E-state index in [1.54, 1.807) is 0 Å². The second-order valence-electron chi connectivity index (χ2n) is 5.42. The summed E-state index contributed by atoms with van der Waals surface area (Å²) in [5.74, 6) is 1.58. The summed E-state index contributed by atoms with van der Waals surface area (Å²) in [7, 11) is 0. The Labute approximate surface area is 123 Å². The number of nitrogens with zero attached hydrogens (tertiary/aromatic N) is 1. The van der Waals surface area contributed by atoms with Crippen molar-refractivity contribution in [3.63, 3.8) is 0 Å². The highest BCUT2D eigenvalue weighted by Gasteiger charge is 2.14. The third-order valence-corrected chi connectivity index (χ3v) is 3.80. The number of fused-ring (bicyclic) bond motifs is 2. The molecule has 3 aromatic rings. The molecule has 0 saturated carbocycles. The fourth-order valence-electron chi connectivity index (χ4n) is 2.82. The van der Waals surface area contributed by atoms with Gasteiger partial charge in [0.15, 0.2) is 11.5 Å². The Morgan fingerprint density at radius 2 is 1.76 bits per heavy atom. The van der Waals surface area contributed by atoms with Crippen LogP contribution in [0.25, 0.3) is 22.2 Å². The number of aryl methyl sites for hydroxylation is 2. The molecule has 0 spiro atoms. The SMILES string of the molecule is Cc1cc(C)c2nc(-c3ccc4c(c3)OCO4)ccc2c1. The Morgan fingerprint density at radius 3 is 2.67 bits per heavy atom. The molecule has 0 bridgehead atoms. The van der Waals surface area contributed by atoms with Crippen molar-refractivity contribution in [2.45, 2.75) is 13.8 Å². The quantitative estimate of drug-likeness (QED) is 0.666. The second kappa shape index (κ2) is 4.48. The largest absolute Gasteiger partial charge is 0.454 e. The van der Waals surface area contributed by atoms with Crippen LogP contribution in [0.4, 0.5) is 0 Å². The second-order valence-corrected chi connectivity index (χ2v) is 5.42. The first kappa shape index (κ1) is 12.2. The lowest BCUT2D eigenvalue weighted by molar-refractivity contribution is 0.174. The van der Waals surface area contributed by atoms with E-state index < -0.39 is 0 Å². The molecule has 0 unspecified atom stereocenters. The normalized spacial score (nSPS) is 12.9. The minimum atomic E-state index is 0.294. The van der Waals surface area contributed by atoms with Crippen LogP contribution in [0.15, 0.2) is 42.5 Å². The smallest absolute Gasteiger partial charge is 0.231 e. The van der Waals surface area contributed by atoms with Crippen molar-refractivity contribution in [1.29, 1.82) is 0 Å². The number of benzene rings is 2. The van der Waals surface area contributed by atoms with Gasteiger partial charge in [0.05, 0.1) is 11.2 Å². The number of hydrogen-bond donors (Lipinski definition) is 0. The third-order valence-electron chi connectivity index (χ3n) is 3.80. The number of ether oxygens (including phenoxy) is 2. The molecule has 104 valence electrons. The van der Waals surface area contributed by atoms with Gasteiger partial charge in [-0.3, -0.25) is 0 Å². The van der Waals surface area contributed by atoms with Crippen molar-refractivity contribution in [2.75, 3.05) is 6.79 Å². The molecule has 0 fully saturated rings. The molecule has 2 heterocycles.